The first-order valence-corrected chi connectivity index (χ1v) is 8.19. The van der Waals surface area contributed by atoms with Crippen LogP contribution in [0.1, 0.15) is 29.2 Å². The molecule has 0 atom stereocenters. The lowest BCUT2D eigenvalue weighted by atomic mass is 10.0. The van der Waals surface area contributed by atoms with Crippen molar-refractivity contribution in [3.05, 3.63) is 77.0 Å². The largest absolute Gasteiger partial charge is 0.515 e. The number of carbonyl (C=O) groups excluding carboxylic acids is 1. The molecular formula is C19H16F3NO3S. The van der Waals surface area contributed by atoms with Gasteiger partial charge in [-0.1, -0.05) is 41.6 Å². The molecule has 0 fully saturated rings. The molecule has 0 aliphatic carbocycles. The first-order valence-electron chi connectivity index (χ1n) is 7.74. The van der Waals surface area contributed by atoms with E-state index in [4.69, 9.17) is 4.84 Å². The summed E-state index contributed by atoms with van der Waals surface area (Å²) in [6, 6.07) is 11.4. The van der Waals surface area contributed by atoms with Crippen LogP contribution in [0.3, 0.4) is 0 Å². The summed E-state index contributed by atoms with van der Waals surface area (Å²) in [5.74, 6) is 0. The number of aliphatic hydroxyl groups excluding tert-OH is 1. The van der Waals surface area contributed by atoms with E-state index in [9.17, 15) is 23.1 Å². The summed E-state index contributed by atoms with van der Waals surface area (Å²) in [7, 11) is 0. The summed E-state index contributed by atoms with van der Waals surface area (Å²) in [5, 5.41) is 12.5. The monoisotopic (exact) mass is 395 g/mol. The molecule has 1 N–H and O–H groups in total. The Bertz CT molecular complexity index is 892. The Morgan fingerprint density at radius 2 is 1.93 bits per heavy atom. The minimum atomic E-state index is -4.44. The lowest BCUT2D eigenvalue weighted by molar-refractivity contribution is -0.137. The summed E-state index contributed by atoms with van der Waals surface area (Å²) < 4.78 is 38.4. The highest BCUT2D eigenvalue weighted by Gasteiger charge is 2.30. The van der Waals surface area contributed by atoms with Gasteiger partial charge >= 0.3 is 6.18 Å². The van der Waals surface area contributed by atoms with Crippen molar-refractivity contribution in [1.29, 1.82) is 0 Å². The Labute approximate surface area is 159 Å². The van der Waals surface area contributed by atoms with E-state index in [2.05, 4.69) is 17.8 Å². The van der Waals surface area contributed by atoms with Gasteiger partial charge in [0.05, 0.1) is 23.1 Å². The van der Waals surface area contributed by atoms with E-state index in [1.54, 1.807) is 24.3 Å². The number of hydrogen-bond donors (Lipinski definition) is 2. The highest BCUT2D eigenvalue weighted by molar-refractivity contribution is 7.98. The number of benzene rings is 2. The number of nitrogens with zero attached hydrogens (tertiary/aromatic N) is 1. The molecular weight excluding hydrogens is 379 g/mol. The van der Waals surface area contributed by atoms with Crippen molar-refractivity contribution in [2.75, 3.05) is 0 Å². The first-order chi connectivity index (χ1) is 12.7. The molecule has 0 saturated carbocycles. The molecule has 8 heteroatoms. The van der Waals surface area contributed by atoms with Crippen LogP contribution in [0.25, 0.3) is 5.57 Å². The van der Waals surface area contributed by atoms with Gasteiger partial charge in [0.25, 0.3) is 0 Å². The summed E-state index contributed by atoms with van der Waals surface area (Å²) >= 11 is 3.71. The summed E-state index contributed by atoms with van der Waals surface area (Å²) in [6.07, 6.45) is -3.78. The zero-order valence-corrected chi connectivity index (χ0v) is 15.1. The summed E-state index contributed by atoms with van der Waals surface area (Å²) in [5.41, 5.74) is 0.745. The van der Waals surface area contributed by atoms with Gasteiger partial charge < -0.3 is 9.94 Å². The van der Waals surface area contributed by atoms with Gasteiger partial charge in [-0.05, 0) is 30.2 Å². The van der Waals surface area contributed by atoms with Crippen molar-refractivity contribution in [2.24, 2.45) is 5.16 Å². The Balaban J connectivity index is 2.18. The van der Waals surface area contributed by atoms with Crippen molar-refractivity contribution >= 4 is 29.0 Å². The predicted octanol–water partition coefficient (Wildman–Crippen LogP) is 5.00. The second kappa shape index (κ2) is 8.77. The van der Waals surface area contributed by atoms with Crippen LogP contribution < -0.4 is 0 Å². The number of aliphatic hydroxyl groups is 1. The molecule has 0 unspecified atom stereocenters. The number of carbonyl (C=O) groups is 1. The minimum Gasteiger partial charge on any atom is -0.515 e. The Kier molecular flexibility index (Phi) is 6.68. The molecule has 0 heterocycles. The van der Waals surface area contributed by atoms with Gasteiger partial charge in [-0.25, -0.2) is 0 Å². The fourth-order valence-corrected chi connectivity index (χ4v) is 2.50. The quantitative estimate of drug-likeness (QED) is 0.238. The number of halogens is 3. The highest BCUT2D eigenvalue weighted by Crippen LogP contribution is 2.29. The second-order valence-electron chi connectivity index (χ2n) is 5.53. The topological polar surface area (TPSA) is 58.9 Å². The maximum Gasteiger partial charge on any atom is 0.416 e. The van der Waals surface area contributed by atoms with Crippen LogP contribution in [0.4, 0.5) is 13.2 Å². The van der Waals surface area contributed by atoms with Crippen LogP contribution in [-0.4, -0.2) is 15.9 Å². The van der Waals surface area contributed by atoms with Crippen molar-refractivity contribution in [3.8, 4) is 0 Å². The standard InChI is InChI=1S/C19H16F3NO3S/c1-12(13-6-4-7-15(9-13)19(20,21)22)23-26-11-14-5-2-3-8-16(14)17(10-24)18(25)27/h2-10,24H,11H2,1H3,(H,25,27)/b17-10+,23-12-. The highest BCUT2D eigenvalue weighted by atomic mass is 32.1. The predicted molar refractivity (Wildman–Crippen MR) is 99.5 cm³/mol. The third-order valence-corrected chi connectivity index (χ3v) is 3.94. The zero-order valence-electron chi connectivity index (χ0n) is 14.2. The third kappa shape index (κ3) is 5.37. The van der Waals surface area contributed by atoms with E-state index < -0.39 is 16.9 Å². The van der Waals surface area contributed by atoms with E-state index in [-0.39, 0.29) is 23.5 Å². The van der Waals surface area contributed by atoms with Crippen LogP contribution in [0.5, 0.6) is 0 Å². The SMILES string of the molecule is C/C(=N/OCc1ccccc1/C(=C\O)C(=O)S)c1cccc(C(F)(F)F)c1. The van der Waals surface area contributed by atoms with Gasteiger partial charge in [-0.15, -0.1) is 12.6 Å². The van der Waals surface area contributed by atoms with Gasteiger partial charge in [-0.2, -0.15) is 13.2 Å². The Morgan fingerprint density at radius 1 is 1.22 bits per heavy atom. The Morgan fingerprint density at radius 3 is 2.56 bits per heavy atom. The number of alkyl halides is 3. The molecule has 4 nitrogen and oxygen atoms in total. The molecule has 0 radical (unpaired) electrons. The minimum absolute atomic E-state index is 0.00360. The smallest absolute Gasteiger partial charge is 0.416 e. The molecule has 0 spiro atoms. The van der Waals surface area contributed by atoms with Gasteiger partial charge in [-0.3, -0.25) is 4.79 Å². The molecule has 0 aromatic heterocycles. The molecule has 2 aromatic rings. The fourth-order valence-electron chi connectivity index (χ4n) is 2.32. The summed E-state index contributed by atoms with van der Waals surface area (Å²) in [6.45, 7) is 1.47. The van der Waals surface area contributed by atoms with Crippen molar-refractivity contribution < 1.29 is 27.9 Å². The maximum absolute atomic E-state index is 12.8. The van der Waals surface area contributed by atoms with Gasteiger partial charge in [0.2, 0.25) is 5.12 Å². The number of oxime groups is 1. The van der Waals surface area contributed by atoms with Crippen LogP contribution in [-0.2, 0) is 22.4 Å². The lowest BCUT2D eigenvalue weighted by Crippen LogP contribution is -2.07. The van der Waals surface area contributed by atoms with Crippen LogP contribution in [0, 0.1) is 0 Å². The third-order valence-electron chi connectivity index (χ3n) is 3.70. The molecule has 0 aliphatic rings. The molecule has 142 valence electrons. The molecule has 0 saturated heterocycles. The molecule has 0 aliphatic heterocycles. The number of hydrogen-bond acceptors (Lipinski definition) is 4. The second-order valence-corrected chi connectivity index (χ2v) is 5.94. The van der Waals surface area contributed by atoms with E-state index in [1.807, 2.05) is 0 Å². The number of rotatable bonds is 6. The van der Waals surface area contributed by atoms with Crippen molar-refractivity contribution in [1.82, 2.24) is 0 Å². The van der Waals surface area contributed by atoms with Gasteiger partial charge in [0.1, 0.15) is 6.61 Å². The van der Waals surface area contributed by atoms with Crippen molar-refractivity contribution in [2.45, 2.75) is 19.7 Å². The fraction of sp³-hybridized carbons (Fsp3) is 0.158. The maximum atomic E-state index is 12.8. The average Bonchev–Trinajstić information content (AvgIpc) is 2.62. The van der Waals surface area contributed by atoms with Crippen LogP contribution >= 0.6 is 12.6 Å². The molecule has 2 rings (SSSR count). The van der Waals surface area contributed by atoms with E-state index in [1.165, 1.54) is 19.1 Å². The molecule has 0 amide bonds. The van der Waals surface area contributed by atoms with Gasteiger partial charge in [0, 0.05) is 5.56 Å². The van der Waals surface area contributed by atoms with E-state index >= 15 is 0 Å². The van der Waals surface area contributed by atoms with E-state index in [0.29, 0.717) is 17.4 Å². The average molecular weight is 395 g/mol. The summed E-state index contributed by atoms with van der Waals surface area (Å²) in [4.78, 5) is 16.7. The van der Waals surface area contributed by atoms with E-state index in [0.717, 1.165) is 12.1 Å². The molecule has 27 heavy (non-hydrogen) atoms. The Hall–Kier alpha value is -2.74. The number of thiol groups is 1. The van der Waals surface area contributed by atoms with Crippen molar-refractivity contribution in [3.63, 3.8) is 0 Å². The molecule has 0 bridgehead atoms. The first kappa shape index (κ1) is 20.6. The van der Waals surface area contributed by atoms with Crippen LogP contribution in [0.2, 0.25) is 0 Å². The normalized spacial score (nSPS) is 12.8. The molecule has 2 aromatic carbocycles. The zero-order chi connectivity index (χ0) is 20.0. The van der Waals surface area contributed by atoms with Gasteiger partial charge in [0.15, 0.2) is 0 Å². The van der Waals surface area contributed by atoms with Crippen LogP contribution in [0.15, 0.2) is 59.9 Å². The lowest BCUT2D eigenvalue weighted by Gasteiger charge is -2.10.